The summed E-state index contributed by atoms with van der Waals surface area (Å²) in [4.78, 5) is 15.2. The van der Waals surface area contributed by atoms with Crippen LogP contribution in [0.1, 0.15) is 12.0 Å². The summed E-state index contributed by atoms with van der Waals surface area (Å²) in [7, 11) is 1.79. The van der Waals surface area contributed by atoms with E-state index in [-0.39, 0.29) is 24.0 Å². The van der Waals surface area contributed by atoms with Crippen molar-refractivity contribution >= 4 is 47.2 Å². The van der Waals surface area contributed by atoms with Gasteiger partial charge in [0.15, 0.2) is 5.96 Å². The Morgan fingerprint density at radius 2 is 2.20 bits per heavy atom. The molecule has 1 fully saturated rings. The molecule has 9 heteroatoms. The van der Waals surface area contributed by atoms with Gasteiger partial charge < -0.3 is 15.5 Å². The zero-order chi connectivity index (χ0) is 20.1. The number of aromatic nitrogens is 3. The summed E-state index contributed by atoms with van der Waals surface area (Å²) in [6.45, 7) is 2.57. The average Bonchev–Trinajstić information content (AvgIpc) is 3.44. The van der Waals surface area contributed by atoms with Crippen molar-refractivity contribution < 1.29 is 0 Å². The van der Waals surface area contributed by atoms with E-state index in [1.807, 2.05) is 41.2 Å². The minimum atomic E-state index is 0. The summed E-state index contributed by atoms with van der Waals surface area (Å²) in [5, 5.41) is 7.65. The minimum Gasteiger partial charge on any atom is -0.369 e. The van der Waals surface area contributed by atoms with Crippen LogP contribution in [0, 0.1) is 0 Å². The van der Waals surface area contributed by atoms with E-state index in [0.717, 1.165) is 47.6 Å². The number of aliphatic imine (C=N–C) groups is 1. The van der Waals surface area contributed by atoms with Gasteiger partial charge in [-0.1, -0.05) is 23.7 Å². The predicted molar refractivity (Wildman–Crippen MR) is 132 cm³/mol. The minimum absolute atomic E-state index is 0. The second-order valence-electron chi connectivity index (χ2n) is 6.98. The van der Waals surface area contributed by atoms with Crippen molar-refractivity contribution in [2.45, 2.75) is 19.0 Å². The maximum atomic E-state index is 6.12. The zero-order valence-electron chi connectivity index (χ0n) is 16.7. The highest BCUT2D eigenvalue weighted by Crippen LogP contribution is 2.23. The first-order valence-corrected chi connectivity index (χ1v) is 10.00. The molecule has 1 aromatic carbocycles. The lowest BCUT2D eigenvalue weighted by Crippen LogP contribution is -2.44. The molecule has 0 radical (unpaired) electrons. The van der Waals surface area contributed by atoms with Crippen LogP contribution in [-0.4, -0.2) is 46.7 Å². The molecule has 2 aromatic heterocycles. The first kappa shape index (κ1) is 22.4. The number of hydrogen-bond acceptors (Lipinski definition) is 4. The third-order valence-corrected chi connectivity index (χ3v) is 5.20. The quantitative estimate of drug-likeness (QED) is 0.296. The van der Waals surface area contributed by atoms with Gasteiger partial charge in [-0.15, -0.1) is 24.0 Å². The van der Waals surface area contributed by atoms with Gasteiger partial charge in [-0.25, -0.2) is 9.97 Å². The highest BCUT2D eigenvalue weighted by atomic mass is 127. The molecule has 3 aromatic rings. The van der Waals surface area contributed by atoms with E-state index >= 15 is 0 Å². The molecule has 1 aliphatic heterocycles. The first-order valence-electron chi connectivity index (χ1n) is 9.62. The fraction of sp³-hybridized carbons (Fsp3) is 0.286. The van der Waals surface area contributed by atoms with Gasteiger partial charge in [0.25, 0.3) is 0 Å². The Labute approximate surface area is 198 Å². The van der Waals surface area contributed by atoms with Crippen molar-refractivity contribution in [2.75, 3.05) is 25.0 Å². The van der Waals surface area contributed by atoms with Crippen molar-refractivity contribution in [3.63, 3.8) is 0 Å². The van der Waals surface area contributed by atoms with E-state index in [9.17, 15) is 0 Å². The number of halogens is 2. The summed E-state index contributed by atoms with van der Waals surface area (Å²) in [5.74, 6) is 1.64. The van der Waals surface area contributed by atoms with Crippen LogP contribution in [0.2, 0.25) is 5.02 Å². The van der Waals surface area contributed by atoms with E-state index < -0.39 is 0 Å². The van der Waals surface area contributed by atoms with Gasteiger partial charge in [0, 0.05) is 62.0 Å². The van der Waals surface area contributed by atoms with Crippen LogP contribution in [0.4, 0.5) is 5.69 Å². The molecule has 0 amide bonds. The summed E-state index contributed by atoms with van der Waals surface area (Å²) in [5.41, 5.74) is 2.25. The zero-order valence-corrected chi connectivity index (χ0v) is 19.8. The fourth-order valence-electron chi connectivity index (χ4n) is 3.43. The molecule has 0 bridgehead atoms. The van der Waals surface area contributed by atoms with Crippen molar-refractivity contribution in [1.82, 2.24) is 25.2 Å². The molecule has 0 aliphatic carbocycles. The summed E-state index contributed by atoms with van der Waals surface area (Å²) >= 11 is 6.12. The van der Waals surface area contributed by atoms with E-state index in [2.05, 4.69) is 42.6 Å². The van der Waals surface area contributed by atoms with Crippen LogP contribution in [0.5, 0.6) is 0 Å². The van der Waals surface area contributed by atoms with Gasteiger partial charge in [0.2, 0.25) is 0 Å². The molecule has 7 nitrogen and oxygen atoms in total. The number of guanidine groups is 1. The van der Waals surface area contributed by atoms with Crippen molar-refractivity contribution in [2.24, 2.45) is 4.99 Å². The predicted octanol–water partition coefficient (Wildman–Crippen LogP) is 3.48. The molecule has 30 heavy (non-hydrogen) atoms. The van der Waals surface area contributed by atoms with Crippen molar-refractivity contribution in [1.29, 1.82) is 0 Å². The van der Waals surface area contributed by atoms with Gasteiger partial charge in [0.05, 0.1) is 0 Å². The van der Waals surface area contributed by atoms with Gasteiger partial charge in [-0.3, -0.25) is 9.56 Å². The lowest BCUT2D eigenvalue weighted by atomic mass is 10.2. The smallest absolute Gasteiger partial charge is 0.191 e. The molecule has 4 rings (SSSR count). The molecule has 2 N–H and O–H groups in total. The first-order chi connectivity index (χ1) is 14.2. The molecule has 1 saturated heterocycles. The van der Waals surface area contributed by atoms with E-state index in [0.29, 0.717) is 12.6 Å². The van der Waals surface area contributed by atoms with Crippen LogP contribution in [0.3, 0.4) is 0 Å². The number of hydrogen-bond donors (Lipinski definition) is 2. The Morgan fingerprint density at radius 3 is 2.90 bits per heavy atom. The second-order valence-corrected chi connectivity index (χ2v) is 7.41. The highest BCUT2D eigenvalue weighted by molar-refractivity contribution is 14.0. The monoisotopic (exact) mass is 537 g/mol. The summed E-state index contributed by atoms with van der Waals surface area (Å²) in [6, 6.07) is 12.4. The van der Waals surface area contributed by atoms with E-state index in [1.165, 1.54) is 0 Å². The maximum Gasteiger partial charge on any atom is 0.191 e. The third-order valence-electron chi connectivity index (χ3n) is 4.96. The Morgan fingerprint density at radius 1 is 1.30 bits per heavy atom. The van der Waals surface area contributed by atoms with E-state index in [4.69, 9.17) is 11.6 Å². The van der Waals surface area contributed by atoms with Crippen LogP contribution >= 0.6 is 35.6 Å². The SMILES string of the molecule is CN=C(NCc1ccc(-n2ccnc2)nc1)NC1CCN(c2cccc(Cl)c2)C1.I. The normalized spacial score (nSPS) is 16.3. The summed E-state index contributed by atoms with van der Waals surface area (Å²) in [6.07, 6.45) is 8.27. The largest absolute Gasteiger partial charge is 0.369 e. The second kappa shape index (κ2) is 10.6. The van der Waals surface area contributed by atoms with Crippen LogP contribution in [0.25, 0.3) is 5.82 Å². The molecule has 1 atom stereocenters. The molecule has 3 heterocycles. The van der Waals surface area contributed by atoms with Crippen LogP contribution < -0.4 is 15.5 Å². The van der Waals surface area contributed by atoms with Gasteiger partial charge >= 0.3 is 0 Å². The molecule has 0 spiro atoms. The number of anilines is 1. The van der Waals surface area contributed by atoms with Crippen molar-refractivity contribution in [3.05, 3.63) is 71.9 Å². The standard InChI is InChI=1S/C21H24ClN7.HI/c1-23-21(26-13-16-5-6-20(25-12-16)29-10-8-24-15-29)27-18-7-9-28(14-18)19-4-2-3-17(22)11-19;/h2-6,8,10-12,15,18H,7,9,13-14H2,1H3,(H2,23,26,27);1H. The Kier molecular flexibility index (Phi) is 7.92. The molecular formula is C21H25ClIN7. The van der Waals surface area contributed by atoms with Gasteiger partial charge in [-0.05, 0) is 36.2 Å². The lowest BCUT2D eigenvalue weighted by molar-refractivity contribution is 0.648. The molecule has 0 saturated carbocycles. The Hall–Kier alpha value is -2.33. The third kappa shape index (κ3) is 5.63. The topological polar surface area (TPSA) is 70.4 Å². The lowest BCUT2D eigenvalue weighted by Gasteiger charge is -2.20. The molecule has 1 unspecified atom stereocenters. The number of benzene rings is 1. The number of imidazole rings is 1. The van der Waals surface area contributed by atoms with Gasteiger partial charge in [0.1, 0.15) is 12.1 Å². The number of nitrogens with zero attached hydrogens (tertiary/aromatic N) is 5. The Balaban J connectivity index is 0.00000256. The van der Waals surface area contributed by atoms with Crippen molar-refractivity contribution in [3.8, 4) is 5.82 Å². The maximum absolute atomic E-state index is 6.12. The number of nitrogens with one attached hydrogen (secondary N) is 2. The Bertz CT molecular complexity index is 960. The highest BCUT2D eigenvalue weighted by Gasteiger charge is 2.23. The summed E-state index contributed by atoms with van der Waals surface area (Å²) < 4.78 is 1.88. The molecule has 158 valence electrons. The molecular weight excluding hydrogens is 513 g/mol. The number of pyridine rings is 1. The molecule has 1 aliphatic rings. The average molecular weight is 538 g/mol. The van der Waals surface area contributed by atoms with Crippen LogP contribution in [-0.2, 0) is 6.54 Å². The van der Waals surface area contributed by atoms with Crippen LogP contribution in [0.15, 0.2) is 66.3 Å². The van der Waals surface area contributed by atoms with E-state index in [1.54, 1.807) is 19.6 Å². The number of rotatable bonds is 5. The fourth-order valence-corrected chi connectivity index (χ4v) is 3.61. The van der Waals surface area contributed by atoms with Gasteiger partial charge in [-0.2, -0.15) is 0 Å².